The number of benzene rings is 1. The average Bonchev–Trinajstić information content (AvgIpc) is 2.21. The smallest absolute Gasteiger partial charge is 0.434 e. The number of anilines is 2. The Kier molecular flexibility index (Phi) is 4.96. The molecule has 0 saturated heterocycles. The van der Waals surface area contributed by atoms with Gasteiger partial charge in [0.05, 0.1) is 15.7 Å². The maximum Gasteiger partial charge on any atom is 0.434 e. The molecule has 0 aliphatic rings. The number of carboxylic acid groups (broad SMARTS) is 1. The van der Waals surface area contributed by atoms with Crippen LogP contribution >= 0.6 is 23.2 Å². The Balaban J connectivity index is 3.01. The van der Waals surface area contributed by atoms with Crippen molar-refractivity contribution in [3.8, 4) is 0 Å². The van der Waals surface area contributed by atoms with Gasteiger partial charge in [0.1, 0.15) is 0 Å². The standard InChI is InChI=1S/C10H10Cl2N4O3/c1-4(17)14-8-6(11)2-5(3-7(8)12)15-9(13)16-10(18)19/h2-3H,1H3,(H,14,17)(H,18,19)(H3,13,15,16). The van der Waals surface area contributed by atoms with Crippen molar-refractivity contribution in [2.75, 3.05) is 10.6 Å². The van der Waals surface area contributed by atoms with E-state index >= 15 is 0 Å². The van der Waals surface area contributed by atoms with Gasteiger partial charge in [0.15, 0.2) is 0 Å². The first-order valence-electron chi connectivity index (χ1n) is 4.90. The molecule has 9 heteroatoms. The average molecular weight is 305 g/mol. The lowest BCUT2D eigenvalue weighted by molar-refractivity contribution is -0.114. The van der Waals surface area contributed by atoms with Crippen LogP contribution < -0.4 is 16.4 Å². The number of halogens is 2. The fourth-order valence-corrected chi connectivity index (χ4v) is 1.80. The number of carbonyl (C=O) groups is 2. The highest BCUT2D eigenvalue weighted by Crippen LogP contribution is 2.33. The number of hydrogen-bond donors (Lipinski definition) is 4. The number of amides is 2. The third-order valence-electron chi connectivity index (χ3n) is 1.83. The molecule has 0 fully saturated rings. The number of rotatable bonds is 2. The molecular formula is C10H10Cl2N4O3. The van der Waals surface area contributed by atoms with Gasteiger partial charge in [-0.3, -0.25) is 4.79 Å². The molecule has 1 aromatic rings. The van der Waals surface area contributed by atoms with Gasteiger partial charge in [-0.25, -0.2) is 4.79 Å². The maximum atomic E-state index is 11.0. The summed E-state index contributed by atoms with van der Waals surface area (Å²) in [6.07, 6.45) is -1.43. The first-order chi connectivity index (χ1) is 8.79. The lowest BCUT2D eigenvalue weighted by Crippen LogP contribution is -2.23. The highest BCUT2D eigenvalue weighted by molar-refractivity contribution is 6.40. The minimum atomic E-state index is -1.43. The number of hydrogen-bond acceptors (Lipinski definition) is 2. The molecular weight excluding hydrogens is 295 g/mol. The Hall–Kier alpha value is -1.99. The summed E-state index contributed by atoms with van der Waals surface area (Å²) in [6.45, 7) is 1.32. The molecule has 0 radical (unpaired) electrons. The predicted octanol–water partition coefficient (Wildman–Crippen LogP) is 2.36. The van der Waals surface area contributed by atoms with E-state index in [0.717, 1.165) is 0 Å². The largest absolute Gasteiger partial charge is 0.463 e. The summed E-state index contributed by atoms with van der Waals surface area (Å²) in [5.41, 5.74) is 5.93. The van der Waals surface area contributed by atoms with Crippen LogP contribution in [0.3, 0.4) is 0 Å². The van der Waals surface area contributed by atoms with E-state index in [1.165, 1.54) is 19.1 Å². The van der Waals surface area contributed by atoms with Gasteiger partial charge in [0.2, 0.25) is 11.9 Å². The van der Waals surface area contributed by atoms with Gasteiger partial charge in [-0.1, -0.05) is 23.2 Å². The van der Waals surface area contributed by atoms with Crippen molar-refractivity contribution in [2.45, 2.75) is 6.92 Å². The quantitative estimate of drug-likeness (QED) is 0.494. The van der Waals surface area contributed by atoms with Crippen LogP contribution in [0.1, 0.15) is 6.92 Å². The number of carbonyl (C=O) groups excluding carboxylic acids is 1. The lowest BCUT2D eigenvalue weighted by atomic mass is 10.2. The number of guanidine groups is 1. The monoisotopic (exact) mass is 304 g/mol. The van der Waals surface area contributed by atoms with E-state index in [1.54, 1.807) is 0 Å². The summed E-state index contributed by atoms with van der Waals surface area (Å²) in [7, 11) is 0. The molecule has 0 aromatic heterocycles. The highest BCUT2D eigenvalue weighted by Gasteiger charge is 2.10. The van der Waals surface area contributed by atoms with Gasteiger partial charge in [-0.15, -0.1) is 4.99 Å². The van der Waals surface area contributed by atoms with Crippen LogP contribution in [0.4, 0.5) is 16.2 Å². The minimum absolute atomic E-state index is 0.174. The Bertz CT molecular complexity index is 537. The molecule has 0 aliphatic heterocycles. The van der Waals surface area contributed by atoms with Gasteiger partial charge < -0.3 is 21.5 Å². The Morgan fingerprint density at radius 3 is 2.21 bits per heavy atom. The molecule has 5 N–H and O–H groups in total. The molecule has 0 aliphatic carbocycles. The minimum Gasteiger partial charge on any atom is -0.463 e. The second-order valence-electron chi connectivity index (χ2n) is 3.40. The van der Waals surface area contributed by atoms with Crippen molar-refractivity contribution in [1.29, 1.82) is 0 Å². The molecule has 0 saturated carbocycles. The van der Waals surface area contributed by atoms with E-state index in [9.17, 15) is 9.59 Å². The molecule has 0 unspecified atom stereocenters. The van der Waals surface area contributed by atoms with Crippen LogP contribution in [-0.4, -0.2) is 23.1 Å². The van der Waals surface area contributed by atoms with Gasteiger partial charge in [0.25, 0.3) is 0 Å². The number of nitrogens with zero attached hydrogens (tertiary/aromatic N) is 1. The second-order valence-corrected chi connectivity index (χ2v) is 4.22. The van der Waals surface area contributed by atoms with Crippen LogP contribution in [0, 0.1) is 0 Å². The zero-order valence-electron chi connectivity index (χ0n) is 9.70. The SMILES string of the molecule is CC(=O)Nc1c(Cl)cc(N/C(N)=N/C(=O)O)cc1Cl. The van der Waals surface area contributed by atoms with E-state index in [2.05, 4.69) is 15.6 Å². The zero-order valence-corrected chi connectivity index (χ0v) is 11.2. The van der Waals surface area contributed by atoms with Crippen LogP contribution in [0.5, 0.6) is 0 Å². The fraction of sp³-hybridized carbons (Fsp3) is 0.100. The Morgan fingerprint density at radius 1 is 1.26 bits per heavy atom. The predicted molar refractivity (Wildman–Crippen MR) is 74.0 cm³/mol. The summed E-state index contributed by atoms with van der Waals surface area (Å²) < 4.78 is 0. The fourth-order valence-electron chi connectivity index (χ4n) is 1.22. The molecule has 0 spiro atoms. The molecule has 2 amide bonds. The second kappa shape index (κ2) is 6.26. The zero-order chi connectivity index (χ0) is 14.6. The van der Waals surface area contributed by atoms with E-state index in [1.807, 2.05) is 0 Å². The number of aliphatic imine (C=N–C) groups is 1. The van der Waals surface area contributed by atoms with E-state index in [0.29, 0.717) is 5.69 Å². The maximum absolute atomic E-state index is 11.0. The summed E-state index contributed by atoms with van der Waals surface area (Å²) in [6, 6.07) is 2.84. The molecule has 7 nitrogen and oxygen atoms in total. The lowest BCUT2D eigenvalue weighted by Gasteiger charge is -2.11. The summed E-state index contributed by atoms with van der Waals surface area (Å²) in [5.74, 6) is -0.650. The summed E-state index contributed by atoms with van der Waals surface area (Å²) in [5, 5.41) is 13.7. The molecule has 102 valence electrons. The Labute approximate surface area is 118 Å². The third-order valence-corrected chi connectivity index (χ3v) is 2.43. The van der Waals surface area contributed by atoms with Crippen molar-refractivity contribution in [2.24, 2.45) is 10.7 Å². The van der Waals surface area contributed by atoms with Crippen molar-refractivity contribution >= 4 is 52.5 Å². The van der Waals surface area contributed by atoms with Crippen LogP contribution in [0.25, 0.3) is 0 Å². The normalized spacial score (nSPS) is 11.0. The first kappa shape index (κ1) is 15.1. The highest BCUT2D eigenvalue weighted by atomic mass is 35.5. The molecule has 1 rings (SSSR count). The van der Waals surface area contributed by atoms with Gasteiger partial charge in [-0.05, 0) is 12.1 Å². The molecule has 19 heavy (non-hydrogen) atoms. The van der Waals surface area contributed by atoms with Crippen molar-refractivity contribution < 1.29 is 14.7 Å². The van der Waals surface area contributed by atoms with Crippen molar-refractivity contribution in [3.63, 3.8) is 0 Å². The number of nitrogens with one attached hydrogen (secondary N) is 2. The van der Waals surface area contributed by atoms with E-state index in [4.69, 9.17) is 34.0 Å². The summed E-state index contributed by atoms with van der Waals surface area (Å²) >= 11 is 11.9. The van der Waals surface area contributed by atoms with Crippen LogP contribution in [-0.2, 0) is 4.79 Å². The van der Waals surface area contributed by atoms with E-state index < -0.39 is 6.09 Å². The van der Waals surface area contributed by atoms with Gasteiger partial charge in [-0.2, -0.15) is 0 Å². The molecule has 1 aromatic carbocycles. The van der Waals surface area contributed by atoms with Gasteiger partial charge >= 0.3 is 6.09 Å². The van der Waals surface area contributed by atoms with Crippen molar-refractivity contribution in [3.05, 3.63) is 22.2 Å². The van der Waals surface area contributed by atoms with Crippen molar-refractivity contribution in [1.82, 2.24) is 0 Å². The first-order valence-corrected chi connectivity index (χ1v) is 5.66. The number of nitrogens with two attached hydrogens (primary N) is 1. The molecule has 0 heterocycles. The van der Waals surface area contributed by atoms with Crippen LogP contribution in [0.15, 0.2) is 17.1 Å². The van der Waals surface area contributed by atoms with Crippen LogP contribution in [0.2, 0.25) is 10.0 Å². The summed E-state index contributed by atoms with van der Waals surface area (Å²) in [4.78, 5) is 24.3. The third kappa shape index (κ3) is 4.65. The molecule has 0 bridgehead atoms. The van der Waals surface area contributed by atoms with E-state index in [-0.39, 0.29) is 27.6 Å². The Morgan fingerprint density at radius 2 is 1.79 bits per heavy atom. The topological polar surface area (TPSA) is 117 Å². The molecule has 0 atom stereocenters. The van der Waals surface area contributed by atoms with Gasteiger partial charge in [0, 0.05) is 12.6 Å².